The number of benzene rings is 1. The van der Waals surface area contributed by atoms with Crippen LogP contribution >= 0.6 is 0 Å². The molecule has 0 unspecified atom stereocenters. The third kappa shape index (κ3) is 2.65. The molecule has 5 nitrogen and oxygen atoms in total. The zero-order chi connectivity index (χ0) is 14.8. The lowest BCUT2D eigenvalue weighted by Gasteiger charge is -2.24. The van der Waals surface area contributed by atoms with Gasteiger partial charge in [-0.3, -0.25) is 0 Å². The molecular weight excluding hydrogens is 266 g/mol. The second-order valence-electron chi connectivity index (χ2n) is 5.19. The molecule has 5 heteroatoms. The maximum atomic E-state index is 11.3. The summed E-state index contributed by atoms with van der Waals surface area (Å²) in [5.41, 5.74) is 0.0475. The van der Waals surface area contributed by atoms with Crippen LogP contribution in [0.15, 0.2) is 30.3 Å². The van der Waals surface area contributed by atoms with E-state index in [1.807, 2.05) is 24.3 Å². The molecule has 1 saturated carbocycles. The van der Waals surface area contributed by atoms with Crippen LogP contribution in [-0.2, 0) is 0 Å². The van der Waals surface area contributed by atoms with Crippen LogP contribution in [0.3, 0.4) is 0 Å². The number of carbonyl (C=O) groups is 1. The standard InChI is InChI=1S/C16H15N3O2/c17-8-3-9-19(12-6-7-12)15-13-5-2-1-4-11(13)10-14(18-15)16(20)21/h1-2,4-5,10,12H,3,6-7,9H2,(H,20,21). The van der Waals surface area contributed by atoms with Crippen molar-refractivity contribution in [2.45, 2.75) is 25.3 Å². The molecule has 0 spiro atoms. The molecule has 1 N–H and O–H groups in total. The summed E-state index contributed by atoms with van der Waals surface area (Å²) in [6, 6.07) is 11.8. The van der Waals surface area contributed by atoms with Gasteiger partial charge in [-0.1, -0.05) is 24.3 Å². The van der Waals surface area contributed by atoms with Crippen LogP contribution in [0.1, 0.15) is 29.8 Å². The Bertz CT molecular complexity index is 732. The van der Waals surface area contributed by atoms with Gasteiger partial charge in [-0.25, -0.2) is 9.78 Å². The maximum absolute atomic E-state index is 11.3. The van der Waals surface area contributed by atoms with Gasteiger partial charge < -0.3 is 10.0 Å². The predicted octanol–water partition coefficient (Wildman–Crippen LogP) is 2.82. The van der Waals surface area contributed by atoms with E-state index >= 15 is 0 Å². The number of anilines is 1. The molecular formula is C16H15N3O2. The smallest absolute Gasteiger partial charge is 0.354 e. The summed E-state index contributed by atoms with van der Waals surface area (Å²) in [6.45, 7) is 0.585. The normalized spacial score (nSPS) is 13.9. The van der Waals surface area contributed by atoms with E-state index in [-0.39, 0.29) is 5.69 Å². The van der Waals surface area contributed by atoms with Gasteiger partial charge in [-0.05, 0) is 24.3 Å². The minimum Gasteiger partial charge on any atom is -0.477 e. The first-order chi connectivity index (χ1) is 10.2. The lowest BCUT2D eigenvalue weighted by molar-refractivity contribution is 0.0691. The fraction of sp³-hybridized carbons (Fsp3) is 0.312. The SMILES string of the molecule is N#CCCN(c1nc(C(=O)O)cc2ccccc12)C1CC1. The average Bonchev–Trinajstić information content (AvgIpc) is 3.32. The predicted molar refractivity (Wildman–Crippen MR) is 79.3 cm³/mol. The van der Waals surface area contributed by atoms with E-state index in [2.05, 4.69) is 16.0 Å². The molecule has 0 saturated heterocycles. The summed E-state index contributed by atoms with van der Waals surface area (Å²) in [5, 5.41) is 19.9. The summed E-state index contributed by atoms with van der Waals surface area (Å²) in [4.78, 5) is 17.7. The molecule has 0 amide bonds. The van der Waals surface area contributed by atoms with E-state index in [0.717, 1.165) is 23.6 Å². The van der Waals surface area contributed by atoms with Crippen LogP contribution in [0.2, 0.25) is 0 Å². The number of nitriles is 1. The highest BCUT2D eigenvalue weighted by atomic mass is 16.4. The molecule has 0 bridgehead atoms. The minimum absolute atomic E-state index is 0.0475. The molecule has 106 valence electrons. The Hall–Kier alpha value is -2.61. The molecule has 0 radical (unpaired) electrons. The van der Waals surface area contributed by atoms with Gasteiger partial charge in [0.2, 0.25) is 0 Å². The van der Waals surface area contributed by atoms with Crippen molar-refractivity contribution in [1.82, 2.24) is 4.98 Å². The van der Waals surface area contributed by atoms with Crippen molar-refractivity contribution in [3.63, 3.8) is 0 Å². The second-order valence-corrected chi connectivity index (χ2v) is 5.19. The second kappa shape index (κ2) is 5.41. The molecule has 1 aromatic heterocycles. The lowest BCUT2D eigenvalue weighted by Crippen LogP contribution is -2.28. The summed E-state index contributed by atoms with van der Waals surface area (Å²) >= 11 is 0. The van der Waals surface area contributed by atoms with Crippen molar-refractivity contribution in [2.75, 3.05) is 11.4 Å². The number of aromatic nitrogens is 1. The lowest BCUT2D eigenvalue weighted by atomic mass is 10.1. The summed E-state index contributed by atoms with van der Waals surface area (Å²) in [6.07, 6.45) is 2.54. The number of pyridine rings is 1. The van der Waals surface area contributed by atoms with Crippen molar-refractivity contribution in [1.29, 1.82) is 5.26 Å². The number of carboxylic acids is 1. The quantitative estimate of drug-likeness (QED) is 0.911. The molecule has 3 rings (SSSR count). The Kier molecular flexibility index (Phi) is 3.44. The molecule has 1 fully saturated rings. The van der Waals surface area contributed by atoms with Crippen LogP contribution in [-0.4, -0.2) is 28.6 Å². The highest BCUT2D eigenvalue weighted by Gasteiger charge is 2.31. The van der Waals surface area contributed by atoms with Gasteiger partial charge in [0.1, 0.15) is 5.82 Å². The number of nitrogens with zero attached hydrogens (tertiary/aromatic N) is 3. The van der Waals surface area contributed by atoms with E-state index in [1.54, 1.807) is 6.07 Å². The highest BCUT2D eigenvalue weighted by molar-refractivity contribution is 5.98. The molecule has 21 heavy (non-hydrogen) atoms. The molecule has 1 heterocycles. The summed E-state index contributed by atoms with van der Waals surface area (Å²) in [5.74, 6) is -0.346. The van der Waals surface area contributed by atoms with Gasteiger partial charge in [0.15, 0.2) is 5.69 Å². The highest BCUT2D eigenvalue weighted by Crippen LogP contribution is 2.35. The van der Waals surface area contributed by atoms with Crippen LogP contribution < -0.4 is 4.90 Å². The van der Waals surface area contributed by atoms with Crippen molar-refractivity contribution >= 4 is 22.6 Å². The van der Waals surface area contributed by atoms with Crippen LogP contribution in [0.25, 0.3) is 10.8 Å². The number of aromatic carboxylic acids is 1. The van der Waals surface area contributed by atoms with Crippen molar-refractivity contribution < 1.29 is 9.90 Å². The minimum atomic E-state index is -1.03. The Morgan fingerprint density at radius 1 is 1.43 bits per heavy atom. The fourth-order valence-electron chi connectivity index (χ4n) is 2.53. The summed E-state index contributed by atoms with van der Waals surface area (Å²) in [7, 11) is 0. The number of rotatable bonds is 5. The first-order valence-corrected chi connectivity index (χ1v) is 6.97. The van der Waals surface area contributed by atoms with Crippen LogP contribution in [0, 0.1) is 11.3 Å². The maximum Gasteiger partial charge on any atom is 0.354 e. The van der Waals surface area contributed by atoms with Gasteiger partial charge in [0.25, 0.3) is 0 Å². The zero-order valence-electron chi connectivity index (χ0n) is 11.5. The van der Waals surface area contributed by atoms with Gasteiger partial charge in [0, 0.05) is 18.0 Å². The Labute approximate surface area is 122 Å². The van der Waals surface area contributed by atoms with Gasteiger partial charge >= 0.3 is 5.97 Å². The number of carboxylic acid groups (broad SMARTS) is 1. The van der Waals surface area contributed by atoms with Crippen molar-refractivity contribution in [3.8, 4) is 6.07 Å². The van der Waals surface area contributed by atoms with E-state index in [4.69, 9.17) is 5.26 Å². The molecule has 1 aromatic carbocycles. The van der Waals surface area contributed by atoms with E-state index in [0.29, 0.717) is 24.8 Å². The van der Waals surface area contributed by atoms with E-state index < -0.39 is 5.97 Å². The van der Waals surface area contributed by atoms with Crippen molar-refractivity contribution in [2.24, 2.45) is 0 Å². The fourth-order valence-corrected chi connectivity index (χ4v) is 2.53. The molecule has 1 aliphatic rings. The first-order valence-electron chi connectivity index (χ1n) is 6.97. The third-order valence-electron chi connectivity index (χ3n) is 3.66. The largest absolute Gasteiger partial charge is 0.477 e. The summed E-state index contributed by atoms with van der Waals surface area (Å²) < 4.78 is 0. The molecule has 0 aliphatic heterocycles. The topological polar surface area (TPSA) is 77.2 Å². The molecule has 0 atom stereocenters. The Balaban J connectivity index is 2.14. The van der Waals surface area contributed by atoms with Gasteiger partial charge in [-0.15, -0.1) is 0 Å². The number of fused-ring (bicyclic) bond motifs is 1. The Morgan fingerprint density at radius 2 is 2.19 bits per heavy atom. The van der Waals surface area contributed by atoms with E-state index in [1.165, 1.54) is 0 Å². The third-order valence-corrected chi connectivity index (χ3v) is 3.66. The van der Waals surface area contributed by atoms with Gasteiger partial charge in [0.05, 0.1) is 12.5 Å². The van der Waals surface area contributed by atoms with E-state index in [9.17, 15) is 9.90 Å². The number of hydrogen-bond donors (Lipinski definition) is 1. The Morgan fingerprint density at radius 3 is 2.86 bits per heavy atom. The van der Waals surface area contributed by atoms with Gasteiger partial charge in [-0.2, -0.15) is 5.26 Å². The molecule has 2 aromatic rings. The number of hydrogen-bond acceptors (Lipinski definition) is 4. The van der Waals surface area contributed by atoms with Crippen LogP contribution in [0.4, 0.5) is 5.82 Å². The van der Waals surface area contributed by atoms with Crippen LogP contribution in [0.5, 0.6) is 0 Å². The molecule has 1 aliphatic carbocycles. The monoisotopic (exact) mass is 281 g/mol. The average molecular weight is 281 g/mol. The first kappa shape index (κ1) is 13.4. The zero-order valence-corrected chi connectivity index (χ0v) is 11.5. The van der Waals surface area contributed by atoms with Crippen molar-refractivity contribution in [3.05, 3.63) is 36.0 Å².